The fourth-order valence-corrected chi connectivity index (χ4v) is 1.77. The van der Waals surface area contributed by atoms with Crippen LogP contribution in [0.4, 0.5) is 0 Å². The molecule has 1 fully saturated rings. The Morgan fingerprint density at radius 3 is 2.82 bits per heavy atom. The monoisotopic (exact) mass is 242 g/mol. The van der Waals surface area contributed by atoms with E-state index in [1.807, 2.05) is 14.0 Å². The fraction of sp³-hybridized carbons (Fsp3) is 0.923. The second-order valence-electron chi connectivity index (χ2n) is 5.11. The molecule has 0 bridgehead atoms. The van der Waals surface area contributed by atoms with Crippen LogP contribution in [0.2, 0.25) is 0 Å². The molecule has 0 radical (unpaired) electrons. The summed E-state index contributed by atoms with van der Waals surface area (Å²) in [6, 6.07) is 0. The summed E-state index contributed by atoms with van der Waals surface area (Å²) in [7, 11) is 1.85. The number of likely N-dealkylation sites (N-methyl/N-ethyl adjacent to an activating group) is 1. The van der Waals surface area contributed by atoms with Crippen LogP contribution in [0.5, 0.6) is 0 Å². The summed E-state index contributed by atoms with van der Waals surface area (Å²) in [6.45, 7) is 4.84. The lowest BCUT2D eigenvalue weighted by Crippen LogP contribution is -2.34. The Hall–Kier alpha value is -0.610. The van der Waals surface area contributed by atoms with Gasteiger partial charge in [-0.2, -0.15) is 0 Å². The van der Waals surface area contributed by atoms with E-state index in [1.165, 1.54) is 12.8 Å². The van der Waals surface area contributed by atoms with Crippen LogP contribution >= 0.6 is 0 Å². The van der Waals surface area contributed by atoms with Crippen molar-refractivity contribution >= 4 is 5.91 Å². The summed E-state index contributed by atoms with van der Waals surface area (Å²) < 4.78 is 5.53. The Kier molecular flexibility index (Phi) is 6.52. The Labute approximate surface area is 104 Å². The first-order valence-corrected chi connectivity index (χ1v) is 6.68. The highest BCUT2D eigenvalue weighted by Crippen LogP contribution is 2.28. The zero-order valence-electron chi connectivity index (χ0n) is 11.2. The Balaban J connectivity index is 2.06. The van der Waals surface area contributed by atoms with Crippen molar-refractivity contribution in [3.8, 4) is 0 Å². The van der Waals surface area contributed by atoms with Crippen molar-refractivity contribution in [1.29, 1.82) is 0 Å². The molecule has 1 rings (SSSR count). The number of ether oxygens (including phenoxy) is 1. The van der Waals surface area contributed by atoms with Gasteiger partial charge in [0, 0.05) is 26.1 Å². The molecule has 4 nitrogen and oxygen atoms in total. The third-order valence-electron chi connectivity index (χ3n) is 3.26. The topological polar surface area (TPSA) is 55.6 Å². The zero-order chi connectivity index (χ0) is 12.7. The van der Waals surface area contributed by atoms with Crippen molar-refractivity contribution in [2.75, 3.05) is 33.4 Å². The minimum absolute atomic E-state index is 0.0759. The highest BCUT2D eigenvalue weighted by Gasteiger charge is 2.21. The summed E-state index contributed by atoms with van der Waals surface area (Å²) in [5.74, 6) is 1.07. The molecular formula is C13H26N2O2. The van der Waals surface area contributed by atoms with E-state index < -0.39 is 0 Å². The Bertz CT molecular complexity index is 229. The molecule has 1 unspecified atom stereocenters. The molecule has 1 saturated carbocycles. The Morgan fingerprint density at radius 1 is 1.53 bits per heavy atom. The van der Waals surface area contributed by atoms with Crippen molar-refractivity contribution in [1.82, 2.24) is 4.90 Å². The number of hydrogen-bond acceptors (Lipinski definition) is 3. The number of nitrogens with two attached hydrogens (primary N) is 1. The predicted octanol–water partition coefficient (Wildman–Crippen LogP) is 1.25. The van der Waals surface area contributed by atoms with Crippen molar-refractivity contribution < 1.29 is 9.53 Å². The molecule has 1 atom stereocenters. The SMILES string of the molecule is CC(CCCN)C(=O)N(C)CCOCC1CC1. The molecule has 0 aromatic heterocycles. The van der Waals surface area contributed by atoms with Gasteiger partial charge in [-0.15, -0.1) is 0 Å². The molecule has 0 saturated heterocycles. The molecule has 4 heteroatoms. The highest BCUT2D eigenvalue weighted by molar-refractivity contribution is 5.78. The van der Waals surface area contributed by atoms with Gasteiger partial charge < -0.3 is 15.4 Å². The summed E-state index contributed by atoms with van der Waals surface area (Å²) in [4.78, 5) is 13.7. The lowest BCUT2D eigenvalue weighted by molar-refractivity contribution is -0.134. The molecule has 100 valence electrons. The molecule has 1 aliphatic carbocycles. The smallest absolute Gasteiger partial charge is 0.225 e. The molecule has 17 heavy (non-hydrogen) atoms. The molecule has 0 aromatic rings. The normalized spacial score (nSPS) is 16.9. The number of hydrogen-bond donors (Lipinski definition) is 1. The third-order valence-corrected chi connectivity index (χ3v) is 3.26. The average molecular weight is 242 g/mol. The summed E-state index contributed by atoms with van der Waals surface area (Å²) in [5.41, 5.74) is 5.44. The lowest BCUT2D eigenvalue weighted by Gasteiger charge is -2.21. The van der Waals surface area contributed by atoms with Gasteiger partial charge in [0.25, 0.3) is 0 Å². The molecule has 1 amide bonds. The van der Waals surface area contributed by atoms with E-state index >= 15 is 0 Å². The van der Waals surface area contributed by atoms with E-state index in [2.05, 4.69) is 0 Å². The number of rotatable bonds is 9. The second-order valence-corrected chi connectivity index (χ2v) is 5.11. The summed E-state index contributed by atoms with van der Waals surface area (Å²) in [5, 5.41) is 0. The standard InChI is InChI=1S/C13H26N2O2/c1-11(4-3-7-14)13(16)15(2)8-9-17-10-12-5-6-12/h11-12H,3-10,14H2,1-2H3. The van der Waals surface area contributed by atoms with E-state index in [0.717, 1.165) is 25.4 Å². The van der Waals surface area contributed by atoms with Gasteiger partial charge in [0.05, 0.1) is 6.61 Å². The van der Waals surface area contributed by atoms with Gasteiger partial charge in [0.2, 0.25) is 5.91 Å². The maximum absolute atomic E-state index is 11.9. The summed E-state index contributed by atoms with van der Waals surface area (Å²) in [6.07, 6.45) is 4.41. The van der Waals surface area contributed by atoms with Crippen molar-refractivity contribution in [3.63, 3.8) is 0 Å². The first-order valence-electron chi connectivity index (χ1n) is 6.68. The largest absolute Gasteiger partial charge is 0.379 e. The maximum atomic E-state index is 11.9. The van der Waals surface area contributed by atoms with E-state index in [0.29, 0.717) is 19.7 Å². The van der Waals surface area contributed by atoms with E-state index in [9.17, 15) is 4.79 Å². The van der Waals surface area contributed by atoms with Gasteiger partial charge in [-0.3, -0.25) is 4.79 Å². The predicted molar refractivity (Wildman–Crippen MR) is 68.6 cm³/mol. The number of amides is 1. The van der Waals surface area contributed by atoms with Crippen LogP contribution in [-0.2, 0) is 9.53 Å². The first kappa shape index (κ1) is 14.5. The fourth-order valence-electron chi connectivity index (χ4n) is 1.77. The molecule has 0 aliphatic heterocycles. The van der Waals surface area contributed by atoms with Gasteiger partial charge >= 0.3 is 0 Å². The molecule has 1 aliphatic rings. The quantitative estimate of drug-likeness (QED) is 0.619. The maximum Gasteiger partial charge on any atom is 0.225 e. The Morgan fingerprint density at radius 2 is 2.24 bits per heavy atom. The molecule has 0 heterocycles. The van der Waals surface area contributed by atoms with Crippen LogP contribution in [0.3, 0.4) is 0 Å². The minimum atomic E-state index is 0.0759. The number of carbonyl (C=O) groups is 1. The third kappa shape index (κ3) is 6.03. The van der Waals surface area contributed by atoms with Crippen molar-refractivity contribution in [2.45, 2.75) is 32.6 Å². The number of nitrogens with zero attached hydrogens (tertiary/aromatic N) is 1. The van der Waals surface area contributed by atoms with E-state index in [1.54, 1.807) is 4.90 Å². The molecule has 0 spiro atoms. The number of carbonyl (C=O) groups excluding carboxylic acids is 1. The lowest BCUT2D eigenvalue weighted by atomic mass is 10.0. The summed E-state index contributed by atoms with van der Waals surface area (Å²) >= 11 is 0. The van der Waals surface area contributed by atoms with Crippen LogP contribution in [0.15, 0.2) is 0 Å². The van der Waals surface area contributed by atoms with Crippen LogP contribution in [0, 0.1) is 11.8 Å². The van der Waals surface area contributed by atoms with Crippen LogP contribution < -0.4 is 5.73 Å². The molecular weight excluding hydrogens is 216 g/mol. The molecule has 2 N–H and O–H groups in total. The van der Waals surface area contributed by atoms with Crippen LogP contribution in [0.25, 0.3) is 0 Å². The van der Waals surface area contributed by atoms with E-state index in [4.69, 9.17) is 10.5 Å². The van der Waals surface area contributed by atoms with E-state index in [-0.39, 0.29) is 11.8 Å². The average Bonchev–Trinajstić information content (AvgIpc) is 3.14. The van der Waals surface area contributed by atoms with Gasteiger partial charge in [-0.05, 0) is 38.1 Å². The molecule has 0 aromatic carbocycles. The van der Waals surface area contributed by atoms with Gasteiger partial charge in [-0.1, -0.05) is 6.92 Å². The van der Waals surface area contributed by atoms with Crippen LogP contribution in [0.1, 0.15) is 32.6 Å². The van der Waals surface area contributed by atoms with Gasteiger partial charge in [0.1, 0.15) is 0 Å². The minimum Gasteiger partial charge on any atom is -0.379 e. The first-order chi connectivity index (χ1) is 8.15. The zero-order valence-corrected chi connectivity index (χ0v) is 11.2. The van der Waals surface area contributed by atoms with Crippen molar-refractivity contribution in [2.24, 2.45) is 17.6 Å². The van der Waals surface area contributed by atoms with Crippen LogP contribution in [-0.4, -0.2) is 44.2 Å². The van der Waals surface area contributed by atoms with Gasteiger partial charge in [0.15, 0.2) is 0 Å². The van der Waals surface area contributed by atoms with Crippen molar-refractivity contribution in [3.05, 3.63) is 0 Å². The van der Waals surface area contributed by atoms with Gasteiger partial charge in [-0.25, -0.2) is 0 Å². The highest BCUT2D eigenvalue weighted by atomic mass is 16.5. The second kappa shape index (κ2) is 7.67.